The minimum Gasteiger partial charge on any atom is -0.312 e. The van der Waals surface area contributed by atoms with Gasteiger partial charge in [0, 0.05) is 6.54 Å². The molecule has 2 aliphatic rings. The van der Waals surface area contributed by atoms with Crippen molar-refractivity contribution in [3.63, 3.8) is 0 Å². The molecule has 0 radical (unpaired) electrons. The van der Waals surface area contributed by atoms with Gasteiger partial charge >= 0.3 is 0 Å². The molecule has 180 valence electrons. The molecular weight excluding hydrogens is 423 g/mol. The molecule has 1 aliphatic carbocycles. The maximum Gasteiger partial charge on any atom is 0.150 e. The summed E-state index contributed by atoms with van der Waals surface area (Å²) in [7, 11) is 0. The summed E-state index contributed by atoms with van der Waals surface area (Å²) in [6.45, 7) is 5.46. The summed E-state index contributed by atoms with van der Waals surface area (Å²) in [6.07, 6.45) is 10.9. The summed E-state index contributed by atoms with van der Waals surface area (Å²) in [5.41, 5.74) is 2.39. The first-order chi connectivity index (χ1) is 16.7. The van der Waals surface area contributed by atoms with Gasteiger partial charge in [-0.25, -0.2) is 4.39 Å². The summed E-state index contributed by atoms with van der Waals surface area (Å²) in [5.74, 6) is 3.25. The van der Waals surface area contributed by atoms with Crippen LogP contribution in [-0.4, -0.2) is 32.8 Å². The van der Waals surface area contributed by atoms with Gasteiger partial charge in [0.1, 0.15) is 12.1 Å². The SMILES string of the molecule is CC1CCCCCC1[C@H]1CCN(C(Cc2ccc(F)cc2)c2nncn2Cc2ccccc2)C1. The van der Waals surface area contributed by atoms with E-state index in [1.165, 1.54) is 44.1 Å². The average molecular weight is 461 g/mol. The highest BCUT2D eigenvalue weighted by molar-refractivity contribution is 5.20. The van der Waals surface area contributed by atoms with Gasteiger partial charge in [-0.2, -0.15) is 0 Å². The Hall–Kier alpha value is -2.53. The fraction of sp³-hybridized carbons (Fsp3) is 0.517. The van der Waals surface area contributed by atoms with Crippen LogP contribution < -0.4 is 0 Å². The number of hydrogen-bond donors (Lipinski definition) is 0. The predicted octanol–water partition coefficient (Wildman–Crippen LogP) is 6.29. The summed E-state index contributed by atoms with van der Waals surface area (Å²) in [4.78, 5) is 2.64. The van der Waals surface area contributed by atoms with Crippen molar-refractivity contribution in [2.24, 2.45) is 17.8 Å². The van der Waals surface area contributed by atoms with E-state index < -0.39 is 0 Å². The van der Waals surface area contributed by atoms with Crippen LogP contribution in [-0.2, 0) is 13.0 Å². The molecule has 1 aromatic heterocycles. The molecule has 2 fully saturated rings. The number of rotatable bonds is 7. The van der Waals surface area contributed by atoms with Gasteiger partial charge < -0.3 is 4.57 Å². The molecule has 2 heterocycles. The lowest BCUT2D eigenvalue weighted by molar-refractivity contribution is 0.184. The van der Waals surface area contributed by atoms with Crippen molar-refractivity contribution in [3.05, 3.63) is 83.7 Å². The van der Waals surface area contributed by atoms with Crippen LogP contribution in [0.4, 0.5) is 4.39 Å². The van der Waals surface area contributed by atoms with Gasteiger partial charge in [0.25, 0.3) is 0 Å². The molecule has 3 aromatic rings. The van der Waals surface area contributed by atoms with Gasteiger partial charge in [-0.05, 0) is 66.8 Å². The maximum absolute atomic E-state index is 13.6. The average Bonchev–Trinajstić information content (AvgIpc) is 3.46. The molecule has 0 N–H and O–H groups in total. The Morgan fingerprint density at radius 2 is 1.74 bits per heavy atom. The van der Waals surface area contributed by atoms with Crippen LogP contribution in [0.2, 0.25) is 0 Å². The number of likely N-dealkylation sites (tertiary alicyclic amines) is 1. The molecule has 1 saturated carbocycles. The fourth-order valence-corrected chi connectivity index (χ4v) is 6.32. The second-order valence-corrected chi connectivity index (χ2v) is 10.5. The third-order valence-electron chi connectivity index (χ3n) is 8.21. The van der Waals surface area contributed by atoms with Gasteiger partial charge in [-0.3, -0.25) is 4.90 Å². The predicted molar refractivity (Wildman–Crippen MR) is 134 cm³/mol. The molecule has 5 heteroatoms. The Bertz CT molecular complexity index is 1030. The van der Waals surface area contributed by atoms with E-state index in [0.29, 0.717) is 0 Å². The Morgan fingerprint density at radius 3 is 2.56 bits per heavy atom. The number of nitrogens with zero attached hydrogens (tertiary/aromatic N) is 4. The Morgan fingerprint density at radius 1 is 0.941 bits per heavy atom. The molecule has 1 aliphatic heterocycles. The maximum atomic E-state index is 13.6. The van der Waals surface area contributed by atoms with Crippen LogP contribution in [0.15, 0.2) is 60.9 Å². The van der Waals surface area contributed by atoms with E-state index in [1.807, 2.05) is 24.5 Å². The normalized spacial score (nSPS) is 24.7. The highest BCUT2D eigenvalue weighted by Gasteiger charge is 2.37. The monoisotopic (exact) mass is 460 g/mol. The second-order valence-electron chi connectivity index (χ2n) is 10.5. The van der Waals surface area contributed by atoms with Gasteiger partial charge in [-0.15, -0.1) is 10.2 Å². The molecule has 2 aromatic carbocycles. The van der Waals surface area contributed by atoms with Crippen molar-refractivity contribution >= 4 is 0 Å². The van der Waals surface area contributed by atoms with Crippen molar-refractivity contribution in [2.45, 2.75) is 64.5 Å². The van der Waals surface area contributed by atoms with Crippen LogP contribution in [0.5, 0.6) is 0 Å². The number of aromatic nitrogens is 3. The summed E-state index contributed by atoms with van der Waals surface area (Å²) in [6, 6.07) is 17.6. The zero-order valence-corrected chi connectivity index (χ0v) is 20.3. The fourth-order valence-electron chi connectivity index (χ4n) is 6.32. The first-order valence-corrected chi connectivity index (χ1v) is 13.1. The summed E-state index contributed by atoms with van der Waals surface area (Å²) in [5, 5.41) is 8.96. The number of benzene rings is 2. The minimum absolute atomic E-state index is 0.141. The third kappa shape index (κ3) is 5.41. The van der Waals surface area contributed by atoms with Gasteiger partial charge in [0.05, 0.1) is 12.6 Å². The van der Waals surface area contributed by atoms with Crippen LogP contribution in [0.1, 0.15) is 68.4 Å². The molecule has 1 saturated heterocycles. The van der Waals surface area contributed by atoms with E-state index in [4.69, 9.17) is 0 Å². The van der Waals surface area contributed by atoms with Crippen molar-refractivity contribution in [2.75, 3.05) is 13.1 Å². The van der Waals surface area contributed by atoms with E-state index in [2.05, 4.69) is 50.9 Å². The van der Waals surface area contributed by atoms with Crippen molar-refractivity contribution in [1.82, 2.24) is 19.7 Å². The highest BCUT2D eigenvalue weighted by Crippen LogP contribution is 2.40. The lowest BCUT2D eigenvalue weighted by atomic mass is 9.79. The van der Waals surface area contributed by atoms with Crippen LogP contribution in [0.25, 0.3) is 0 Å². The first-order valence-electron chi connectivity index (χ1n) is 13.1. The number of halogens is 1. The van der Waals surface area contributed by atoms with Crippen LogP contribution >= 0.6 is 0 Å². The second kappa shape index (κ2) is 10.8. The van der Waals surface area contributed by atoms with Crippen LogP contribution in [0, 0.1) is 23.6 Å². The zero-order valence-electron chi connectivity index (χ0n) is 20.3. The topological polar surface area (TPSA) is 34.0 Å². The smallest absolute Gasteiger partial charge is 0.150 e. The lowest BCUT2D eigenvalue weighted by Gasteiger charge is -2.31. The standard InChI is InChI=1S/C29H37FN4/c1-22-8-4-2-7-11-27(22)25-16-17-33(20-25)28(18-23-12-14-26(30)15-13-23)29-32-31-21-34(29)19-24-9-5-3-6-10-24/h3,5-6,9-10,12-15,21-22,25,27-28H,2,4,7-8,11,16-20H2,1H3/t22?,25-,27?,28?/m0/s1. The number of hydrogen-bond acceptors (Lipinski definition) is 3. The molecule has 5 rings (SSSR count). The molecule has 4 atom stereocenters. The van der Waals surface area contributed by atoms with E-state index in [-0.39, 0.29) is 11.9 Å². The summed E-state index contributed by atoms with van der Waals surface area (Å²) >= 11 is 0. The van der Waals surface area contributed by atoms with E-state index in [1.54, 1.807) is 12.1 Å². The van der Waals surface area contributed by atoms with Gasteiger partial charge in [-0.1, -0.05) is 75.1 Å². The van der Waals surface area contributed by atoms with Crippen molar-refractivity contribution in [1.29, 1.82) is 0 Å². The van der Waals surface area contributed by atoms with Crippen LogP contribution in [0.3, 0.4) is 0 Å². The molecule has 4 nitrogen and oxygen atoms in total. The van der Waals surface area contributed by atoms with E-state index >= 15 is 0 Å². The highest BCUT2D eigenvalue weighted by atomic mass is 19.1. The van der Waals surface area contributed by atoms with Gasteiger partial charge in [0.15, 0.2) is 5.82 Å². The Balaban J connectivity index is 1.39. The summed E-state index contributed by atoms with van der Waals surface area (Å²) < 4.78 is 15.8. The minimum atomic E-state index is -0.184. The van der Waals surface area contributed by atoms with Crippen molar-refractivity contribution in [3.8, 4) is 0 Å². The van der Waals surface area contributed by atoms with E-state index in [9.17, 15) is 4.39 Å². The lowest BCUT2D eigenvalue weighted by Crippen LogP contribution is -2.32. The molecule has 0 spiro atoms. The Labute approximate surface area is 203 Å². The molecule has 0 amide bonds. The molecule has 3 unspecified atom stereocenters. The molecular formula is C29H37FN4. The molecule has 34 heavy (non-hydrogen) atoms. The third-order valence-corrected chi connectivity index (χ3v) is 8.21. The largest absolute Gasteiger partial charge is 0.312 e. The first kappa shape index (κ1) is 23.2. The van der Waals surface area contributed by atoms with Crippen molar-refractivity contribution < 1.29 is 4.39 Å². The zero-order chi connectivity index (χ0) is 23.3. The Kier molecular flexibility index (Phi) is 7.39. The molecule has 0 bridgehead atoms. The van der Waals surface area contributed by atoms with E-state index in [0.717, 1.165) is 55.2 Å². The van der Waals surface area contributed by atoms with Gasteiger partial charge in [0.2, 0.25) is 0 Å². The quantitative estimate of drug-likeness (QED) is 0.389.